The number of carbonyl (C=O) groups excluding carboxylic acids is 1. The zero-order valence-corrected chi connectivity index (χ0v) is 14.6. The average Bonchev–Trinajstić information content (AvgIpc) is 2.64. The standard InChI is InChI=1S/C20H26N4O/c21-12-16(20-14-23-18-8-1-2-9-19(18)24-20)13-22-10-4-6-15-5-3-7-17(25)11-15/h1-2,8-9,12-13,15,23H,3-7,10-11,14,21H2. The van der Waals surface area contributed by atoms with E-state index in [0.717, 1.165) is 61.3 Å². The second kappa shape index (κ2) is 8.60. The summed E-state index contributed by atoms with van der Waals surface area (Å²) in [5.41, 5.74) is 9.51. The summed E-state index contributed by atoms with van der Waals surface area (Å²) in [4.78, 5) is 20.7. The number of para-hydroxylation sites is 2. The first-order valence-corrected chi connectivity index (χ1v) is 9.10. The first-order valence-electron chi connectivity index (χ1n) is 9.10. The molecule has 3 rings (SSSR count). The number of anilines is 1. The molecule has 0 aromatic heterocycles. The Kier molecular flexibility index (Phi) is 5.99. The normalized spacial score (nSPS) is 21.0. The van der Waals surface area contributed by atoms with Gasteiger partial charge in [0.1, 0.15) is 5.78 Å². The summed E-state index contributed by atoms with van der Waals surface area (Å²) >= 11 is 0. The highest BCUT2D eigenvalue weighted by molar-refractivity contribution is 6.19. The molecule has 132 valence electrons. The predicted molar refractivity (Wildman–Crippen MR) is 104 cm³/mol. The quantitative estimate of drug-likeness (QED) is 0.614. The van der Waals surface area contributed by atoms with Crippen LogP contribution < -0.4 is 11.1 Å². The van der Waals surface area contributed by atoms with Crippen LogP contribution in [-0.4, -0.2) is 30.8 Å². The maximum absolute atomic E-state index is 11.5. The number of benzene rings is 1. The minimum atomic E-state index is 0.427. The number of nitrogens with two attached hydrogens (primary N) is 1. The number of carbonyl (C=O) groups is 1. The van der Waals surface area contributed by atoms with Gasteiger partial charge in [-0.3, -0.25) is 9.79 Å². The second-order valence-corrected chi connectivity index (χ2v) is 6.73. The third-order valence-corrected chi connectivity index (χ3v) is 4.83. The highest BCUT2D eigenvalue weighted by Gasteiger charge is 2.18. The molecule has 1 unspecified atom stereocenters. The zero-order chi connectivity index (χ0) is 17.5. The monoisotopic (exact) mass is 338 g/mol. The van der Waals surface area contributed by atoms with Crippen molar-refractivity contribution in [1.82, 2.24) is 0 Å². The first-order chi connectivity index (χ1) is 12.3. The number of rotatable bonds is 6. The Hall–Kier alpha value is -2.43. The summed E-state index contributed by atoms with van der Waals surface area (Å²) in [6.45, 7) is 1.41. The van der Waals surface area contributed by atoms with Crippen LogP contribution in [0.1, 0.15) is 38.5 Å². The lowest BCUT2D eigenvalue weighted by atomic mass is 9.85. The Labute approximate surface area is 149 Å². The first kappa shape index (κ1) is 17.4. The Morgan fingerprint density at radius 3 is 3.12 bits per heavy atom. The average molecular weight is 338 g/mol. The molecule has 1 atom stereocenters. The summed E-state index contributed by atoms with van der Waals surface area (Å²) < 4.78 is 0. The fourth-order valence-corrected chi connectivity index (χ4v) is 3.46. The Bertz CT molecular complexity index is 705. The lowest BCUT2D eigenvalue weighted by Crippen LogP contribution is -2.21. The van der Waals surface area contributed by atoms with Crippen LogP contribution in [-0.2, 0) is 4.79 Å². The number of nitrogens with zero attached hydrogens (tertiary/aromatic N) is 2. The summed E-state index contributed by atoms with van der Waals surface area (Å²) in [6.07, 6.45) is 9.27. The van der Waals surface area contributed by atoms with E-state index in [9.17, 15) is 4.79 Å². The van der Waals surface area contributed by atoms with Crippen molar-refractivity contribution in [3.8, 4) is 0 Å². The molecule has 2 aliphatic rings. The molecule has 1 aliphatic carbocycles. The largest absolute Gasteiger partial charge is 0.404 e. The fourth-order valence-electron chi connectivity index (χ4n) is 3.46. The van der Waals surface area contributed by atoms with E-state index in [4.69, 9.17) is 5.73 Å². The lowest BCUT2D eigenvalue weighted by Gasteiger charge is -2.20. The molecule has 0 saturated heterocycles. The molecule has 1 heterocycles. The summed E-state index contributed by atoms with van der Waals surface area (Å²) in [5, 5.41) is 3.36. The Morgan fingerprint density at radius 2 is 2.28 bits per heavy atom. The van der Waals surface area contributed by atoms with E-state index in [1.807, 2.05) is 30.5 Å². The molecule has 25 heavy (non-hydrogen) atoms. The van der Waals surface area contributed by atoms with Gasteiger partial charge in [0.25, 0.3) is 0 Å². The molecule has 1 aromatic carbocycles. The van der Waals surface area contributed by atoms with Crippen molar-refractivity contribution in [3.63, 3.8) is 0 Å². The number of fused-ring (bicyclic) bond motifs is 1. The molecule has 5 nitrogen and oxygen atoms in total. The van der Waals surface area contributed by atoms with E-state index in [2.05, 4.69) is 15.3 Å². The highest BCUT2D eigenvalue weighted by atomic mass is 16.1. The van der Waals surface area contributed by atoms with Crippen LogP contribution in [0, 0.1) is 5.92 Å². The molecule has 0 amide bonds. The van der Waals surface area contributed by atoms with Gasteiger partial charge in [0, 0.05) is 37.4 Å². The molecule has 0 spiro atoms. The number of Topliss-reactive ketones (excluding diaryl/α,β-unsaturated/α-hetero) is 1. The van der Waals surface area contributed by atoms with Crippen LogP contribution in [0.25, 0.3) is 0 Å². The number of aliphatic imine (C=N–C) groups is 2. The van der Waals surface area contributed by atoms with E-state index < -0.39 is 0 Å². The molecular formula is C20H26N4O. The second-order valence-electron chi connectivity index (χ2n) is 6.73. The topological polar surface area (TPSA) is 79.8 Å². The molecule has 5 heteroatoms. The molecule has 1 aliphatic heterocycles. The van der Waals surface area contributed by atoms with Gasteiger partial charge in [-0.2, -0.15) is 0 Å². The maximum Gasteiger partial charge on any atom is 0.133 e. The van der Waals surface area contributed by atoms with Crippen LogP contribution in [0.15, 0.2) is 46.0 Å². The van der Waals surface area contributed by atoms with Gasteiger partial charge < -0.3 is 11.1 Å². The number of hydrogen-bond acceptors (Lipinski definition) is 5. The summed E-state index contributed by atoms with van der Waals surface area (Å²) in [5.74, 6) is 0.987. The fraction of sp³-hybridized carbons (Fsp3) is 0.450. The number of hydrogen-bond donors (Lipinski definition) is 2. The Morgan fingerprint density at radius 1 is 1.40 bits per heavy atom. The van der Waals surface area contributed by atoms with Gasteiger partial charge in [-0.15, -0.1) is 0 Å². The van der Waals surface area contributed by atoms with Gasteiger partial charge in [-0.05, 0) is 43.7 Å². The van der Waals surface area contributed by atoms with E-state index in [1.165, 1.54) is 6.42 Å². The number of ketones is 1. The SMILES string of the molecule is NC=C(C=NCCCC1CCCC(=O)C1)C1=Nc2ccccc2NC1. The van der Waals surface area contributed by atoms with Gasteiger partial charge in [0.05, 0.1) is 23.6 Å². The predicted octanol–water partition coefficient (Wildman–Crippen LogP) is 3.64. The van der Waals surface area contributed by atoms with Crippen LogP contribution in [0.4, 0.5) is 11.4 Å². The van der Waals surface area contributed by atoms with Crippen LogP contribution in [0.2, 0.25) is 0 Å². The van der Waals surface area contributed by atoms with Gasteiger partial charge in [-0.1, -0.05) is 12.1 Å². The van der Waals surface area contributed by atoms with E-state index in [1.54, 1.807) is 6.20 Å². The van der Waals surface area contributed by atoms with Crippen LogP contribution >= 0.6 is 0 Å². The maximum atomic E-state index is 11.5. The van der Waals surface area contributed by atoms with Gasteiger partial charge >= 0.3 is 0 Å². The summed E-state index contributed by atoms with van der Waals surface area (Å²) in [7, 11) is 0. The van der Waals surface area contributed by atoms with E-state index in [0.29, 0.717) is 18.2 Å². The van der Waals surface area contributed by atoms with Gasteiger partial charge in [0.15, 0.2) is 0 Å². The molecule has 0 radical (unpaired) electrons. The van der Waals surface area contributed by atoms with Crippen molar-refractivity contribution in [2.24, 2.45) is 21.6 Å². The minimum Gasteiger partial charge on any atom is -0.404 e. The van der Waals surface area contributed by atoms with Crippen molar-refractivity contribution in [2.75, 3.05) is 18.4 Å². The van der Waals surface area contributed by atoms with E-state index in [-0.39, 0.29) is 0 Å². The third kappa shape index (κ3) is 4.78. The van der Waals surface area contributed by atoms with Gasteiger partial charge in [-0.25, -0.2) is 4.99 Å². The smallest absolute Gasteiger partial charge is 0.133 e. The van der Waals surface area contributed by atoms with Crippen LogP contribution in [0.3, 0.4) is 0 Å². The van der Waals surface area contributed by atoms with E-state index >= 15 is 0 Å². The van der Waals surface area contributed by atoms with Gasteiger partial charge in [0.2, 0.25) is 0 Å². The molecule has 1 saturated carbocycles. The van der Waals surface area contributed by atoms with Crippen molar-refractivity contribution in [3.05, 3.63) is 36.0 Å². The Balaban J connectivity index is 1.50. The molecule has 1 fully saturated rings. The van der Waals surface area contributed by atoms with Crippen molar-refractivity contribution in [1.29, 1.82) is 0 Å². The van der Waals surface area contributed by atoms with Crippen molar-refractivity contribution in [2.45, 2.75) is 38.5 Å². The molecule has 3 N–H and O–H groups in total. The summed E-state index contributed by atoms with van der Waals surface area (Å²) in [6, 6.07) is 7.97. The van der Waals surface area contributed by atoms with Crippen molar-refractivity contribution < 1.29 is 4.79 Å². The van der Waals surface area contributed by atoms with Crippen molar-refractivity contribution >= 4 is 29.1 Å². The third-order valence-electron chi connectivity index (χ3n) is 4.83. The molecule has 1 aromatic rings. The lowest BCUT2D eigenvalue weighted by molar-refractivity contribution is -0.121. The highest BCUT2D eigenvalue weighted by Crippen LogP contribution is 2.28. The molecule has 0 bridgehead atoms. The zero-order valence-electron chi connectivity index (χ0n) is 14.6. The minimum absolute atomic E-state index is 0.427. The molecular weight excluding hydrogens is 312 g/mol. The van der Waals surface area contributed by atoms with Crippen LogP contribution in [0.5, 0.6) is 0 Å². The number of nitrogens with one attached hydrogen (secondary N) is 1.